The highest BCUT2D eigenvalue weighted by Crippen LogP contribution is 2.44. The number of hydrogen-bond donors (Lipinski definition) is 0. The van der Waals surface area contributed by atoms with E-state index in [0.29, 0.717) is 0 Å². The molecule has 10 heteroatoms. The number of furan rings is 2. The van der Waals surface area contributed by atoms with Crippen LogP contribution in [-0.4, -0.2) is 29.9 Å². The van der Waals surface area contributed by atoms with Gasteiger partial charge in [0, 0.05) is 144 Å². The predicted octanol–water partition coefficient (Wildman–Crippen LogP) is 23.9. The molecular formula is C86H50N6O2S2. The monoisotopic (exact) mass is 1260 g/mol. The molecule has 0 radical (unpaired) electrons. The van der Waals surface area contributed by atoms with Crippen LogP contribution in [0.3, 0.4) is 0 Å². The molecule has 0 saturated heterocycles. The largest absolute Gasteiger partial charge is 0.455 e. The van der Waals surface area contributed by atoms with E-state index in [-0.39, 0.29) is 0 Å². The summed E-state index contributed by atoms with van der Waals surface area (Å²) in [5.74, 6) is 1.47. The lowest BCUT2D eigenvalue weighted by molar-refractivity contribution is 0.669. The highest BCUT2D eigenvalue weighted by molar-refractivity contribution is 7.26. The van der Waals surface area contributed by atoms with Gasteiger partial charge < -0.3 is 8.83 Å². The Bertz CT molecular complexity index is 5710. The molecule has 20 aromatic rings. The molecule has 96 heavy (non-hydrogen) atoms. The van der Waals surface area contributed by atoms with Crippen molar-refractivity contribution >= 4 is 128 Å². The quantitative estimate of drug-likeness (QED) is 0.148. The fourth-order valence-corrected chi connectivity index (χ4v) is 16.4. The summed E-state index contributed by atoms with van der Waals surface area (Å²) in [5, 5.41) is 14.1. The Morgan fingerprint density at radius 3 is 0.927 bits per heavy atom. The van der Waals surface area contributed by atoms with Gasteiger partial charge in [-0.15, -0.1) is 22.7 Å². The third-order valence-corrected chi connectivity index (χ3v) is 21.0. The van der Waals surface area contributed by atoms with Gasteiger partial charge in [0.15, 0.2) is 11.6 Å². The van der Waals surface area contributed by atoms with Crippen LogP contribution in [0.4, 0.5) is 0 Å². The second-order valence-corrected chi connectivity index (χ2v) is 26.1. The average Bonchev–Trinajstić information content (AvgIpc) is 1.74. The molecule has 8 nitrogen and oxygen atoms in total. The van der Waals surface area contributed by atoms with Gasteiger partial charge in [-0.05, 0) is 104 Å². The molecule has 0 bridgehead atoms. The van der Waals surface area contributed by atoms with Gasteiger partial charge in [0.25, 0.3) is 0 Å². The first-order chi connectivity index (χ1) is 47.6. The molecule has 0 aliphatic carbocycles. The van der Waals surface area contributed by atoms with Crippen LogP contribution in [0.25, 0.3) is 196 Å². The third kappa shape index (κ3) is 9.25. The topological polar surface area (TPSA) is 104 Å². The minimum Gasteiger partial charge on any atom is -0.455 e. The number of pyridine rings is 2. The predicted molar refractivity (Wildman–Crippen MR) is 398 cm³/mol. The van der Waals surface area contributed by atoms with E-state index in [1.807, 2.05) is 73.6 Å². The Morgan fingerprint density at radius 2 is 0.521 bits per heavy atom. The van der Waals surface area contributed by atoms with Crippen LogP contribution < -0.4 is 0 Å². The Kier molecular flexibility index (Phi) is 13.1. The Balaban J connectivity index is 0.000000135. The van der Waals surface area contributed by atoms with Gasteiger partial charge in [-0.3, -0.25) is 9.97 Å². The number of hydrogen-bond acceptors (Lipinski definition) is 10. The SMILES string of the molecule is c1ccc2c(c1)oc1c(-c3ccc(-c4cccc5c(-c6ccc(-c7cccc8c7oc7ccccc78)nc6)cccc45)cn3)cccc12.c1ccc2c(c1)sc1c(-c3ncc(-c4ccc(-c5cnc(-c6cccc7c6sc6ccccc67)nc5)c5ccccc45)cn3)cccc12. The summed E-state index contributed by atoms with van der Waals surface area (Å²) < 4.78 is 17.5. The van der Waals surface area contributed by atoms with Crippen LogP contribution >= 0.6 is 22.7 Å². The summed E-state index contributed by atoms with van der Waals surface area (Å²) in [7, 11) is 0. The first kappa shape index (κ1) is 55.3. The first-order valence-electron chi connectivity index (χ1n) is 31.8. The maximum absolute atomic E-state index is 6.28. The fraction of sp³-hybridized carbons (Fsp3) is 0. The smallest absolute Gasteiger partial charge is 0.160 e. The van der Waals surface area contributed by atoms with Crippen molar-refractivity contribution in [1.29, 1.82) is 0 Å². The van der Waals surface area contributed by atoms with Crippen molar-refractivity contribution in [3.63, 3.8) is 0 Å². The standard InChI is InChI=1S/C44H26N2O2.C42H24N4S2/c1-3-19-41-33(9-1)35-15-7-17-37(43(35)47-41)39-23-21-27(25-45-39)29-11-5-14-32-30(12-6-13-31(29)32)28-22-24-40(46-26-28)38-18-8-16-36-34-10-2-4-20-42(34)48-44(36)38;1-2-10-30-28(26-23-45-42(46-24-26)36-16-8-14-34-32-12-4-6-18-38(32)48-40(34)36)20-19-27(29(30)9-1)25-21-43-41(44-22-25)35-15-7-13-33-31-11-3-5-17-37(31)47-39(33)35/h1-26H;1-24H. The highest BCUT2D eigenvalue weighted by atomic mass is 32.1. The van der Waals surface area contributed by atoms with Gasteiger partial charge in [0.05, 0.1) is 11.4 Å². The first-order valence-corrected chi connectivity index (χ1v) is 33.5. The number of rotatable bonds is 8. The van der Waals surface area contributed by atoms with Crippen LogP contribution in [0.15, 0.2) is 313 Å². The molecule has 0 saturated carbocycles. The van der Waals surface area contributed by atoms with E-state index < -0.39 is 0 Å². The lowest BCUT2D eigenvalue weighted by atomic mass is 9.93. The third-order valence-electron chi connectivity index (χ3n) is 18.6. The van der Waals surface area contributed by atoms with Gasteiger partial charge in [0.2, 0.25) is 0 Å². The summed E-state index contributed by atoms with van der Waals surface area (Å²) in [5.41, 5.74) is 17.9. The fourth-order valence-electron chi connectivity index (χ4n) is 14.0. The number of thiophene rings is 2. The van der Waals surface area contributed by atoms with Crippen molar-refractivity contribution < 1.29 is 8.83 Å². The second-order valence-electron chi connectivity index (χ2n) is 24.0. The van der Waals surface area contributed by atoms with Gasteiger partial charge in [0.1, 0.15) is 22.3 Å². The molecule has 0 aliphatic heterocycles. The van der Waals surface area contributed by atoms with Crippen molar-refractivity contribution in [2.24, 2.45) is 0 Å². The molecule has 12 aromatic carbocycles. The summed E-state index contributed by atoms with van der Waals surface area (Å²) >= 11 is 3.59. The second kappa shape index (κ2) is 22.7. The zero-order valence-electron chi connectivity index (χ0n) is 51.2. The van der Waals surface area contributed by atoms with Gasteiger partial charge >= 0.3 is 0 Å². The molecular weight excluding hydrogens is 1210 g/mol. The van der Waals surface area contributed by atoms with Crippen molar-refractivity contribution in [2.75, 3.05) is 0 Å². The number of fused-ring (bicyclic) bond motifs is 14. The number of aromatic nitrogens is 6. The highest BCUT2D eigenvalue weighted by Gasteiger charge is 2.20. The van der Waals surface area contributed by atoms with E-state index >= 15 is 0 Å². The minimum absolute atomic E-state index is 0.736. The maximum atomic E-state index is 6.28. The zero-order valence-corrected chi connectivity index (χ0v) is 52.8. The molecule has 0 amide bonds. The van der Waals surface area contributed by atoms with E-state index in [2.05, 4.69) is 231 Å². The molecule has 0 atom stereocenters. The number of benzene rings is 12. The molecule has 0 fully saturated rings. The van der Waals surface area contributed by atoms with Crippen LogP contribution in [0.2, 0.25) is 0 Å². The molecule has 8 heterocycles. The van der Waals surface area contributed by atoms with Gasteiger partial charge in [-0.2, -0.15) is 0 Å². The number of para-hydroxylation sites is 4. The maximum Gasteiger partial charge on any atom is 0.160 e. The van der Waals surface area contributed by atoms with Crippen LogP contribution in [-0.2, 0) is 0 Å². The Morgan fingerprint density at radius 1 is 0.208 bits per heavy atom. The van der Waals surface area contributed by atoms with Crippen LogP contribution in [0.5, 0.6) is 0 Å². The van der Waals surface area contributed by atoms with E-state index in [1.165, 1.54) is 51.1 Å². The van der Waals surface area contributed by atoms with Crippen LogP contribution in [0, 0.1) is 0 Å². The average molecular weight is 1260 g/mol. The summed E-state index contributed by atoms with van der Waals surface area (Å²) in [4.78, 5) is 29.4. The molecule has 8 aromatic heterocycles. The summed E-state index contributed by atoms with van der Waals surface area (Å²) in [6.07, 6.45) is 11.7. The van der Waals surface area contributed by atoms with Crippen molar-refractivity contribution in [3.8, 4) is 89.8 Å². The van der Waals surface area contributed by atoms with E-state index in [0.717, 1.165) is 144 Å². The summed E-state index contributed by atoms with van der Waals surface area (Å²) in [6, 6.07) is 93.0. The molecule has 20 rings (SSSR count). The van der Waals surface area contributed by atoms with Crippen molar-refractivity contribution in [1.82, 2.24) is 29.9 Å². The minimum atomic E-state index is 0.736. The normalized spacial score (nSPS) is 11.8. The van der Waals surface area contributed by atoms with Gasteiger partial charge in [-0.25, -0.2) is 19.9 Å². The van der Waals surface area contributed by atoms with Crippen LogP contribution in [0.1, 0.15) is 0 Å². The number of nitrogens with zero attached hydrogens (tertiary/aromatic N) is 6. The lowest BCUT2D eigenvalue weighted by Crippen LogP contribution is -1.93. The molecule has 448 valence electrons. The lowest BCUT2D eigenvalue weighted by Gasteiger charge is -2.12. The molecule has 0 unspecified atom stereocenters. The van der Waals surface area contributed by atoms with Gasteiger partial charge in [-0.1, -0.05) is 206 Å². The van der Waals surface area contributed by atoms with E-state index in [1.54, 1.807) is 22.7 Å². The zero-order chi connectivity index (χ0) is 63.2. The summed E-state index contributed by atoms with van der Waals surface area (Å²) in [6.45, 7) is 0. The molecule has 0 aliphatic rings. The van der Waals surface area contributed by atoms with Crippen molar-refractivity contribution in [2.45, 2.75) is 0 Å². The molecule has 0 spiro atoms. The molecule has 0 N–H and O–H groups in total. The Hall–Kier alpha value is -12.3. The van der Waals surface area contributed by atoms with E-state index in [9.17, 15) is 0 Å². The Labute approximate surface area is 557 Å². The van der Waals surface area contributed by atoms with E-state index in [4.69, 9.17) is 38.7 Å². The van der Waals surface area contributed by atoms with Crippen molar-refractivity contribution in [3.05, 3.63) is 304 Å².